The zero-order valence-corrected chi connectivity index (χ0v) is 8.05. The van der Waals surface area contributed by atoms with Crippen LogP contribution in [0.5, 0.6) is 0 Å². The first kappa shape index (κ1) is 10.9. The minimum atomic E-state index is -1.20. The van der Waals surface area contributed by atoms with Gasteiger partial charge in [0.05, 0.1) is 19.1 Å². The van der Waals surface area contributed by atoms with E-state index >= 15 is 0 Å². The van der Waals surface area contributed by atoms with E-state index in [1.165, 1.54) is 13.2 Å². The molecule has 0 saturated carbocycles. The normalized spacial score (nSPS) is 30.6. The van der Waals surface area contributed by atoms with E-state index in [1.54, 1.807) is 18.2 Å². The quantitative estimate of drug-likeness (QED) is 0.522. The average Bonchev–Trinajstić information content (AvgIpc) is 2.19. The molecule has 2 unspecified atom stereocenters. The van der Waals surface area contributed by atoms with Crippen molar-refractivity contribution in [1.82, 2.24) is 0 Å². The van der Waals surface area contributed by atoms with Crippen LogP contribution in [-0.4, -0.2) is 30.7 Å². The number of allylic oxidation sites excluding steroid dienone is 2. The highest BCUT2D eigenvalue weighted by Crippen LogP contribution is 2.27. The van der Waals surface area contributed by atoms with Crippen LogP contribution in [0.15, 0.2) is 24.3 Å². The Morgan fingerprint density at radius 3 is 2.86 bits per heavy atom. The van der Waals surface area contributed by atoms with Crippen molar-refractivity contribution in [3.8, 4) is 0 Å². The Kier molecular flexibility index (Phi) is 3.38. The average molecular weight is 198 g/mol. The molecule has 2 atom stereocenters. The van der Waals surface area contributed by atoms with Gasteiger partial charge in [0.1, 0.15) is 0 Å². The molecule has 0 aromatic heterocycles. The van der Waals surface area contributed by atoms with Crippen molar-refractivity contribution < 1.29 is 9.66 Å². The molecule has 0 amide bonds. The van der Waals surface area contributed by atoms with Gasteiger partial charge in [0, 0.05) is 12.0 Å². The van der Waals surface area contributed by atoms with Crippen molar-refractivity contribution in [3.63, 3.8) is 0 Å². The molecule has 1 aliphatic rings. The van der Waals surface area contributed by atoms with Gasteiger partial charge in [-0.2, -0.15) is 0 Å². The Morgan fingerprint density at radius 1 is 1.64 bits per heavy atom. The summed E-state index contributed by atoms with van der Waals surface area (Å²) in [7, 11) is 1.52. The van der Waals surface area contributed by atoms with Gasteiger partial charge in [-0.15, -0.1) is 0 Å². The number of ether oxygens (including phenoxy) is 1. The van der Waals surface area contributed by atoms with Crippen molar-refractivity contribution in [2.24, 2.45) is 11.7 Å². The van der Waals surface area contributed by atoms with Gasteiger partial charge in [-0.3, -0.25) is 10.1 Å². The first-order chi connectivity index (χ1) is 6.67. The SMILES string of the molecule is COCC1C=CC=CC1(CN)[N+](=O)[O-]. The van der Waals surface area contributed by atoms with E-state index in [-0.39, 0.29) is 17.4 Å². The van der Waals surface area contributed by atoms with Gasteiger partial charge < -0.3 is 10.5 Å². The first-order valence-electron chi connectivity index (χ1n) is 4.37. The molecule has 14 heavy (non-hydrogen) atoms. The second-order valence-electron chi connectivity index (χ2n) is 3.26. The topological polar surface area (TPSA) is 78.4 Å². The molecule has 0 aromatic rings. The van der Waals surface area contributed by atoms with E-state index < -0.39 is 5.54 Å². The minimum Gasteiger partial charge on any atom is -0.384 e. The lowest BCUT2D eigenvalue weighted by molar-refractivity contribution is -0.560. The van der Waals surface area contributed by atoms with Gasteiger partial charge in [0.15, 0.2) is 0 Å². The molecule has 1 aliphatic carbocycles. The van der Waals surface area contributed by atoms with Gasteiger partial charge in [0.25, 0.3) is 5.54 Å². The second-order valence-corrected chi connectivity index (χ2v) is 3.26. The first-order valence-corrected chi connectivity index (χ1v) is 4.37. The van der Waals surface area contributed by atoms with Crippen LogP contribution in [0.2, 0.25) is 0 Å². The Morgan fingerprint density at radius 2 is 2.36 bits per heavy atom. The molecule has 0 spiro atoms. The lowest BCUT2D eigenvalue weighted by atomic mass is 9.81. The standard InChI is InChI=1S/C9H14N2O3/c1-14-6-8-4-2-3-5-9(8,7-10)11(12)13/h2-5,8H,6-7,10H2,1H3. The fourth-order valence-electron chi connectivity index (χ4n) is 1.58. The third-order valence-corrected chi connectivity index (χ3v) is 2.49. The number of hydrogen-bond donors (Lipinski definition) is 1. The van der Waals surface area contributed by atoms with Crippen molar-refractivity contribution in [3.05, 3.63) is 34.4 Å². The highest BCUT2D eigenvalue weighted by Gasteiger charge is 2.46. The summed E-state index contributed by atoms with van der Waals surface area (Å²) in [6.45, 7) is 0.286. The monoisotopic (exact) mass is 198 g/mol. The van der Waals surface area contributed by atoms with Gasteiger partial charge in [-0.05, 0) is 6.08 Å². The fraction of sp³-hybridized carbons (Fsp3) is 0.556. The summed E-state index contributed by atoms with van der Waals surface area (Å²) in [5.41, 5.74) is 4.27. The maximum absolute atomic E-state index is 11.0. The van der Waals surface area contributed by atoms with Crippen molar-refractivity contribution in [2.75, 3.05) is 20.3 Å². The van der Waals surface area contributed by atoms with Gasteiger partial charge in [0.2, 0.25) is 0 Å². The lowest BCUT2D eigenvalue weighted by Gasteiger charge is -2.28. The Bertz CT molecular complexity index is 275. The fourth-order valence-corrected chi connectivity index (χ4v) is 1.58. The summed E-state index contributed by atoms with van der Waals surface area (Å²) < 4.78 is 4.94. The summed E-state index contributed by atoms with van der Waals surface area (Å²) in [5, 5.41) is 11.0. The molecule has 5 heteroatoms. The largest absolute Gasteiger partial charge is 0.384 e. The molecule has 78 valence electrons. The van der Waals surface area contributed by atoms with E-state index in [0.29, 0.717) is 6.61 Å². The lowest BCUT2D eigenvalue weighted by Crippen LogP contribution is -2.51. The molecule has 0 heterocycles. The van der Waals surface area contributed by atoms with Crippen LogP contribution < -0.4 is 5.73 Å². The minimum absolute atomic E-state index is 0.0190. The summed E-state index contributed by atoms with van der Waals surface area (Å²) in [4.78, 5) is 10.6. The van der Waals surface area contributed by atoms with Gasteiger partial charge in [-0.25, -0.2) is 0 Å². The molecular formula is C9H14N2O3. The van der Waals surface area contributed by atoms with Gasteiger partial charge in [-0.1, -0.05) is 18.2 Å². The molecule has 0 aromatic carbocycles. The Hall–Kier alpha value is -1.20. The van der Waals surface area contributed by atoms with E-state index in [4.69, 9.17) is 10.5 Å². The Labute approximate surface area is 82.4 Å². The summed E-state index contributed by atoms with van der Waals surface area (Å²) in [6, 6.07) is 0. The van der Waals surface area contributed by atoms with Crippen LogP contribution in [0.4, 0.5) is 0 Å². The van der Waals surface area contributed by atoms with Crippen molar-refractivity contribution in [2.45, 2.75) is 5.54 Å². The number of hydrogen-bond acceptors (Lipinski definition) is 4. The highest BCUT2D eigenvalue weighted by atomic mass is 16.6. The molecule has 0 bridgehead atoms. The van der Waals surface area contributed by atoms with E-state index in [1.807, 2.05) is 0 Å². The molecule has 0 saturated heterocycles. The third kappa shape index (κ3) is 1.69. The van der Waals surface area contributed by atoms with Crippen molar-refractivity contribution >= 4 is 0 Å². The number of nitrogens with zero attached hydrogens (tertiary/aromatic N) is 1. The molecular weight excluding hydrogens is 184 g/mol. The third-order valence-electron chi connectivity index (χ3n) is 2.49. The zero-order valence-electron chi connectivity index (χ0n) is 8.05. The maximum atomic E-state index is 11.0. The van der Waals surface area contributed by atoms with Gasteiger partial charge >= 0.3 is 0 Å². The van der Waals surface area contributed by atoms with Crippen LogP contribution >= 0.6 is 0 Å². The molecule has 2 N–H and O–H groups in total. The van der Waals surface area contributed by atoms with E-state index in [0.717, 1.165) is 0 Å². The number of nitrogens with two attached hydrogens (primary N) is 1. The summed E-state index contributed by atoms with van der Waals surface area (Å²) in [5.74, 6) is -0.294. The summed E-state index contributed by atoms with van der Waals surface area (Å²) >= 11 is 0. The van der Waals surface area contributed by atoms with E-state index in [2.05, 4.69) is 0 Å². The number of nitro groups is 1. The van der Waals surface area contributed by atoms with Crippen molar-refractivity contribution in [1.29, 1.82) is 0 Å². The maximum Gasteiger partial charge on any atom is 0.260 e. The highest BCUT2D eigenvalue weighted by molar-refractivity contribution is 5.22. The van der Waals surface area contributed by atoms with Crippen LogP contribution in [0, 0.1) is 16.0 Å². The van der Waals surface area contributed by atoms with Crippen LogP contribution in [0.25, 0.3) is 0 Å². The zero-order chi connectivity index (χ0) is 10.6. The number of methoxy groups -OCH3 is 1. The molecule has 1 rings (SSSR count). The second kappa shape index (κ2) is 4.34. The molecule has 0 aliphatic heterocycles. The van der Waals surface area contributed by atoms with Crippen LogP contribution in [-0.2, 0) is 4.74 Å². The van der Waals surface area contributed by atoms with E-state index in [9.17, 15) is 10.1 Å². The summed E-state index contributed by atoms with van der Waals surface area (Å²) in [6.07, 6.45) is 6.73. The van der Waals surface area contributed by atoms with Crippen LogP contribution in [0.1, 0.15) is 0 Å². The number of rotatable bonds is 4. The smallest absolute Gasteiger partial charge is 0.260 e. The Balaban J connectivity index is 2.96. The molecule has 5 nitrogen and oxygen atoms in total. The van der Waals surface area contributed by atoms with Crippen LogP contribution in [0.3, 0.4) is 0 Å². The predicted octanol–water partition coefficient (Wildman–Crippen LogP) is 0.349. The predicted molar refractivity (Wildman–Crippen MR) is 52.4 cm³/mol. The molecule has 0 radical (unpaired) electrons. The molecule has 0 fully saturated rings.